The van der Waals surface area contributed by atoms with E-state index in [0.29, 0.717) is 5.82 Å². The van der Waals surface area contributed by atoms with Crippen molar-refractivity contribution < 1.29 is 17.9 Å². The maximum atomic E-state index is 12.1. The summed E-state index contributed by atoms with van der Waals surface area (Å²) in [4.78, 5) is 3.79. The van der Waals surface area contributed by atoms with E-state index in [9.17, 15) is 8.42 Å². The lowest BCUT2D eigenvalue weighted by Gasteiger charge is -2.10. The van der Waals surface area contributed by atoms with Crippen LogP contribution in [0.5, 0.6) is 0 Å². The highest BCUT2D eigenvalue weighted by molar-refractivity contribution is 9.10. The van der Waals surface area contributed by atoms with Crippen LogP contribution < -0.4 is 4.72 Å². The molecule has 104 valence electrons. The van der Waals surface area contributed by atoms with E-state index in [2.05, 4.69) is 35.8 Å². The fraction of sp³-hybridized carbons (Fsp3) is 0.333. The summed E-state index contributed by atoms with van der Waals surface area (Å²) >= 11 is 3.00. The fourth-order valence-electron chi connectivity index (χ4n) is 1.43. The molecule has 0 aromatic carbocycles. The molecule has 2 aromatic rings. The van der Waals surface area contributed by atoms with Gasteiger partial charge in [-0.25, -0.2) is 18.1 Å². The molecule has 8 nitrogen and oxygen atoms in total. The number of rotatable bonds is 5. The Labute approximate surface area is 117 Å². The first-order valence-electron chi connectivity index (χ1n) is 5.20. The van der Waals surface area contributed by atoms with Crippen molar-refractivity contribution in [2.45, 2.75) is 24.5 Å². The van der Waals surface area contributed by atoms with Gasteiger partial charge in [-0.1, -0.05) is 0 Å². The van der Waals surface area contributed by atoms with E-state index in [1.54, 1.807) is 6.92 Å². The van der Waals surface area contributed by atoms with Crippen LogP contribution in [-0.2, 0) is 16.6 Å². The van der Waals surface area contributed by atoms with Crippen LogP contribution in [0.2, 0.25) is 0 Å². The zero-order valence-electron chi connectivity index (χ0n) is 9.79. The van der Waals surface area contributed by atoms with Gasteiger partial charge in [-0.15, -0.1) is 0 Å². The molecule has 3 N–H and O–H groups in total. The number of sulfonamides is 1. The second-order valence-electron chi connectivity index (χ2n) is 3.72. The maximum absolute atomic E-state index is 12.1. The molecule has 0 radical (unpaired) electrons. The quantitative estimate of drug-likeness (QED) is 0.729. The lowest BCUT2D eigenvalue weighted by atomic mass is 10.3. The minimum Gasteiger partial charge on any atom is -0.450 e. The second kappa shape index (κ2) is 5.41. The SMILES string of the molecule is CC(NS(=O)(=O)c1cc(CO)oc1Br)c1ncn[nH]1. The minimum absolute atomic E-state index is 0.0359. The van der Waals surface area contributed by atoms with E-state index in [-0.39, 0.29) is 21.9 Å². The number of aliphatic hydroxyl groups excluding tert-OH is 1. The molecule has 0 saturated heterocycles. The van der Waals surface area contributed by atoms with Crippen LogP contribution >= 0.6 is 15.9 Å². The first-order valence-corrected chi connectivity index (χ1v) is 7.48. The number of H-pyrrole nitrogens is 1. The molecule has 1 atom stereocenters. The van der Waals surface area contributed by atoms with Gasteiger partial charge in [-0.3, -0.25) is 5.10 Å². The molecule has 0 fully saturated rings. The highest BCUT2D eigenvalue weighted by Crippen LogP contribution is 2.27. The topological polar surface area (TPSA) is 121 Å². The maximum Gasteiger partial charge on any atom is 0.245 e. The van der Waals surface area contributed by atoms with Crippen molar-refractivity contribution in [1.29, 1.82) is 0 Å². The smallest absolute Gasteiger partial charge is 0.245 e. The van der Waals surface area contributed by atoms with E-state index in [4.69, 9.17) is 9.52 Å². The minimum atomic E-state index is -3.79. The molecule has 10 heteroatoms. The van der Waals surface area contributed by atoms with Crippen LogP contribution in [0, 0.1) is 0 Å². The van der Waals surface area contributed by atoms with Gasteiger partial charge in [0.15, 0.2) is 4.67 Å². The van der Waals surface area contributed by atoms with Crippen molar-refractivity contribution in [2.75, 3.05) is 0 Å². The Morgan fingerprint density at radius 3 is 2.89 bits per heavy atom. The zero-order valence-corrected chi connectivity index (χ0v) is 12.2. The second-order valence-corrected chi connectivity index (χ2v) is 6.13. The normalized spacial score (nSPS) is 13.6. The predicted octanol–water partition coefficient (Wildman–Crippen LogP) is 0.692. The van der Waals surface area contributed by atoms with Gasteiger partial charge >= 0.3 is 0 Å². The number of hydrogen-bond donors (Lipinski definition) is 3. The standard InChI is InChI=1S/C9H11BrN4O4S/c1-5(9-11-4-12-13-9)14-19(16,17)7-2-6(3-15)18-8(7)10/h2,4-5,14-15H,3H2,1H3,(H,11,12,13). The van der Waals surface area contributed by atoms with Crippen LogP contribution in [0.3, 0.4) is 0 Å². The molecule has 2 rings (SSSR count). The summed E-state index contributed by atoms with van der Waals surface area (Å²) in [6, 6.07) is 0.673. The number of aromatic amines is 1. The Kier molecular flexibility index (Phi) is 4.04. The van der Waals surface area contributed by atoms with E-state index >= 15 is 0 Å². The number of hydrogen-bond acceptors (Lipinski definition) is 6. The summed E-state index contributed by atoms with van der Waals surface area (Å²) in [6.07, 6.45) is 1.29. The van der Waals surface area contributed by atoms with Crippen molar-refractivity contribution in [3.05, 3.63) is 28.6 Å². The molecular formula is C9H11BrN4O4S. The number of aliphatic hydroxyl groups is 1. The first-order chi connectivity index (χ1) is 8.94. The van der Waals surface area contributed by atoms with Crippen LogP contribution in [0.4, 0.5) is 0 Å². The Balaban J connectivity index is 2.25. The number of furan rings is 1. The van der Waals surface area contributed by atoms with Crippen LogP contribution in [0.25, 0.3) is 0 Å². The van der Waals surface area contributed by atoms with Crippen molar-refractivity contribution in [3.8, 4) is 0 Å². The molecule has 0 aliphatic heterocycles. The third-order valence-corrected chi connectivity index (χ3v) is 4.73. The third-order valence-electron chi connectivity index (χ3n) is 2.33. The molecule has 2 heterocycles. The summed E-state index contributed by atoms with van der Waals surface area (Å²) in [5.74, 6) is 0.546. The molecule has 1 unspecified atom stereocenters. The lowest BCUT2D eigenvalue weighted by Crippen LogP contribution is -2.27. The molecular weight excluding hydrogens is 340 g/mol. The van der Waals surface area contributed by atoms with Gasteiger partial charge in [-0.2, -0.15) is 5.10 Å². The molecule has 0 aliphatic carbocycles. The average Bonchev–Trinajstić information content (AvgIpc) is 2.96. The molecule has 0 saturated carbocycles. The summed E-state index contributed by atoms with van der Waals surface area (Å²) in [6.45, 7) is 1.24. The molecule has 0 bridgehead atoms. The van der Waals surface area contributed by atoms with E-state index in [1.165, 1.54) is 12.4 Å². The van der Waals surface area contributed by atoms with Crippen molar-refractivity contribution >= 4 is 26.0 Å². The summed E-state index contributed by atoms with van der Waals surface area (Å²) in [7, 11) is -3.79. The number of nitrogens with one attached hydrogen (secondary N) is 2. The Morgan fingerprint density at radius 2 is 2.37 bits per heavy atom. The van der Waals surface area contributed by atoms with Crippen LogP contribution in [0.15, 0.2) is 26.4 Å². The lowest BCUT2D eigenvalue weighted by molar-refractivity contribution is 0.245. The highest BCUT2D eigenvalue weighted by Gasteiger charge is 2.25. The van der Waals surface area contributed by atoms with E-state index in [0.717, 1.165) is 0 Å². The number of aromatic nitrogens is 3. The van der Waals surface area contributed by atoms with Crippen molar-refractivity contribution in [1.82, 2.24) is 19.9 Å². The van der Waals surface area contributed by atoms with Gasteiger partial charge in [0.1, 0.15) is 29.4 Å². The van der Waals surface area contributed by atoms with Gasteiger partial charge in [0.2, 0.25) is 10.0 Å². The summed E-state index contributed by atoms with van der Waals surface area (Å²) < 4.78 is 31.8. The first kappa shape index (κ1) is 14.2. The van der Waals surface area contributed by atoms with Gasteiger partial charge < -0.3 is 9.52 Å². The Morgan fingerprint density at radius 1 is 1.63 bits per heavy atom. The predicted molar refractivity (Wildman–Crippen MR) is 67.5 cm³/mol. The third kappa shape index (κ3) is 3.03. The number of nitrogens with zero attached hydrogens (tertiary/aromatic N) is 2. The average molecular weight is 351 g/mol. The Hall–Kier alpha value is -1.23. The van der Waals surface area contributed by atoms with Gasteiger partial charge in [0.05, 0.1) is 6.04 Å². The monoisotopic (exact) mass is 350 g/mol. The molecule has 0 amide bonds. The van der Waals surface area contributed by atoms with Gasteiger partial charge in [-0.05, 0) is 22.9 Å². The number of halogens is 1. The fourth-order valence-corrected chi connectivity index (χ4v) is 3.64. The van der Waals surface area contributed by atoms with Crippen molar-refractivity contribution in [2.24, 2.45) is 0 Å². The summed E-state index contributed by atoms with van der Waals surface area (Å²) in [5.41, 5.74) is 0. The highest BCUT2D eigenvalue weighted by atomic mass is 79.9. The van der Waals surface area contributed by atoms with Crippen LogP contribution in [0.1, 0.15) is 24.6 Å². The van der Waals surface area contributed by atoms with Gasteiger partial charge in [0, 0.05) is 6.07 Å². The molecule has 19 heavy (non-hydrogen) atoms. The summed E-state index contributed by atoms with van der Waals surface area (Å²) in [5, 5.41) is 15.1. The largest absolute Gasteiger partial charge is 0.450 e. The van der Waals surface area contributed by atoms with Gasteiger partial charge in [0.25, 0.3) is 0 Å². The van der Waals surface area contributed by atoms with E-state index in [1.807, 2.05) is 0 Å². The molecule has 0 aliphatic rings. The van der Waals surface area contributed by atoms with Crippen LogP contribution in [-0.4, -0.2) is 28.7 Å². The van der Waals surface area contributed by atoms with Crippen molar-refractivity contribution in [3.63, 3.8) is 0 Å². The molecule has 0 spiro atoms. The zero-order chi connectivity index (χ0) is 14.0. The Bertz CT molecular complexity index is 652. The van der Waals surface area contributed by atoms with E-state index < -0.39 is 16.1 Å². The molecule has 2 aromatic heterocycles.